The van der Waals surface area contributed by atoms with E-state index in [2.05, 4.69) is 34.2 Å². The average molecular weight is 285 g/mol. The molecule has 0 aliphatic carbocycles. The molecule has 0 radical (unpaired) electrons. The van der Waals surface area contributed by atoms with Crippen LogP contribution in [0.25, 0.3) is 0 Å². The van der Waals surface area contributed by atoms with Gasteiger partial charge in [-0.2, -0.15) is 0 Å². The van der Waals surface area contributed by atoms with Crippen molar-refractivity contribution in [3.05, 3.63) is 20.8 Å². The van der Waals surface area contributed by atoms with Crippen molar-refractivity contribution in [3.8, 4) is 0 Å². The Morgan fingerprint density at radius 3 is 2.85 bits per heavy atom. The number of hydrogen-bond acceptors (Lipinski definition) is 3. The molecule has 0 saturated carbocycles. The largest absolute Gasteiger partial charge is 0.357 e. The van der Waals surface area contributed by atoms with E-state index < -0.39 is 0 Å². The van der Waals surface area contributed by atoms with Crippen LogP contribution in [0.2, 0.25) is 0 Å². The molecule has 2 unspecified atom stereocenters. The summed E-state index contributed by atoms with van der Waals surface area (Å²) in [4.78, 5) is 1.24. The van der Waals surface area contributed by atoms with Gasteiger partial charge in [0.1, 0.15) is 6.23 Å². The van der Waals surface area contributed by atoms with Crippen LogP contribution in [0.15, 0.2) is 15.9 Å². The van der Waals surface area contributed by atoms with E-state index in [-0.39, 0.29) is 18.6 Å². The molecule has 74 valence electrons. The normalized spacial score (nSPS) is 27.2. The van der Waals surface area contributed by atoms with Gasteiger partial charge in [-0.15, -0.1) is 23.7 Å². The Labute approximate surface area is 96.2 Å². The third-order valence-electron chi connectivity index (χ3n) is 1.80. The number of rotatable bonds is 1. The van der Waals surface area contributed by atoms with Gasteiger partial charge in [-0.05, 0) is 35.0 Å². The van der Waals surface area contributed by atoms with E-state index >= 15 is 0 Å². The maximum atomic E-state index is 5.54. The second-order valence-electron chi connectivity index (χ2n) is 2.92. The number of hydrogen-bond donors (Lipinski definition) is 1. The number of halogens is 2. The summed E-state index contributed by atoms with van der Waals surface area (Å²) in [7, 11) is 0. The molecule has 2 atom stereocenters. The second kappa shape index (κ2) is 4.75. The SMILES string of the molecule is CC1COC(c2ccc(Br)s2)N1.Cl. The summed E-state index contributed by atoms with van der Waals surface area (Å²) in [5, 5.41) is 3.35. The Hall–Kier alpha value is 0.390. The predicted octanol–water partition coefficient (Wildman–Crippen LogP) is 2.94. The summed E-state index contributed by atoms with van der Waals surface area (Å²) >= 11 is 5.15. The standard InChI is InChI=1S/C8H10BrNOS.ClH/c1-5-4-11-8(10-5)6-2-3-7(9)12-6;/h2-3,5,8,10H,4H2,1H3;1H. The zero-order chi connectivity index (χ0) is 8.55. The molecule has 1 N–H and O–H groups in total. The molecule has 0 bridgehead atoms. The predicted molar refractivity (Wildman–Crippen MR) is 60.6 cm³/mol. The molecule has 1 aromatic heterocycles. The van der Waals surface area contributed by atoms with Crippen molar-refractivity contribution in [2.45, 2.75) is 19.2 Å². The summed E-state index contributed by atoms with van der Waals surface area (Å²) in [6.07, 6.45) is 0.108. The Kier molecular flexibility index (Phi) is 4.19. The molecule has 0 aromatic carbocycles. The second-order valence-corrected chi connectivity index (χ2v) is 5.42. The van der Waals surface area contributed by atoms with Crippen molar-refractivity contribution in [2.75, 3.05) is 6.61 Å². The van der Waals surface area contributed by atoms with Gasteiger partial charge >= 0.3 is 0 Å². The van der Waals surface area contributed by atoms with Crippen LogP contribution >= 0.6 is 39.7 Å². The minimum atomic E-state index is 0. The van der Waals surface area contributed by atoms with Gasteiger partial charge < -0.3 is 4.74 Å². The van der Waals surface area contributed by atoms with Crippen LogP contribution in [0.1, 0.15) is 18.0 Å². The molecule has 1 aliphatic rings. The van der Waals surface area contributed by atoms with E-state index in [1.54, 1.807) is 11.3 Å². The molecule has 2 nitrogen and oxygen atoms in total. The fraction of sp³-hybridized carbons (Fsp3) is 0.500. The molecule has 1 fully saturated rings. The van der Waals surface area contributed by atoms with Gasteiger partial charge in [-0.25, -0.2) is 0 Å². The van der Waals surface area contributed by atoms with E-state index in [0.29, 0.717) is 6.04 Å². The topological polar surface area (TPSA) is 21.3 Å². The third-order valence-corrected chi connectivity index (χ3v) is 3.47. The van der Waals surface area contributed by atoms with Crippen LogP contribution in [-0.2, 0) is 4.74 Å². The highest BCUT2D eigenvalue weighted by Crippen LogP contribution is 2.30. The summed E-state index contributed by atoms with van der Waals surface area (Å²) in [6, 6.07) is 4.61. The highest BCUT2D eigenvalue weighted by Gasteiger charge is 2.23. The molecular weight excluding hydrogens is 274 g/mol. The van der Waals surface area contributed by atoms with E-state index in [1.807, 2.05) is 6.07 Å². The molecule has 1 aliphatic heterocycles. The number of ether oxygens (including phenoxy) is 1. The molecule has 0 amide bonds. The maximum Gasteiger partial charge on any atom is 0.143 e. The lowest BCUT2D eigenvalue weighted by Crippen LogP contribution is -2.21. The van der Waals surface area contributed by atoms with Crippen molar-refractivity contribution in [2.24, 2.45) is 0 Å². The molecule has 2 heterocycles. The van der Waals surface area contributed by atoms with Crippen molar-refractivity contribution in [1.29, 1.82) is 0 Å². The van der Waals surface area contributed by atoms with Crippen LogP contribution in [-0.4, -0.2) is 12.6 Å². The van der Waals surface area contributed by atoms with E-state index in [4.69, 9.17) is 4.74 Å². The van der Waals surface area contributed by atoms with E-state index in [9.17, 15) is 0 Å². The zero-order valence-corrected chi connectivity index (χ0v) is 10.3. The minimum absolute atomic E-state index is 0. The summed E-state index contributed by atoms with van der Waals surface area (Å²) in [6.45, 7) is 2.93. The molecule has 13 heavy (non-hydrogen) atoms. The lowest BCUT2D eigenvalue weighted by atomic mass is 10.4. The Morgan fingerprint density at radius 2 is 2.38 bits per heavy atom. The monoisotopic (exact) mass is 283 g/mol. The fourth-order valence-electron chi connectivity index (χ4n) is 1.23. The average Bonchev–Trinajstić information content (AvgIpc) is 2.58. The molecule has 0 spiro atoms. The van der Waals surface area contributed by atoms with E-state index in [0.717, 1.165) is 10.4 Å². The highest BCUT2D eigenvalue weighted by atomic mass is 79.9. The van der Waals surface area contributed by atoms with Crippen molar-refractivity contribution in [3.63, 3.8) is 0 Å². The van der Waals surface area contributed by atoms with Crippen molar-refractivity contribution < 1.29 is 4.74 Å². The van der Waals surface area contributed by atoms with E-state index in [1.165, 1.54) is 4.88 Å². The van der Waals surface area contributed by atoms with Gasteiger partial charge in [0, 0.05) is 10.9 Å². The van der Waals surface area contributed by atoms with Crippen LogP contribution in [0.5, 0.6) is 0 Å². The maximum absolute atomic E-state index is 5.54. The lowest BCUT2D eigenvalue weighted by molar-refractivity contribution is 0.104. The van der Waals surface area contributed by atoms with Crippen LogP contribution in [0.3, 0.4) is 0 Å². The first-order valence-electron chi connectivity index (χ1n) is 3.88. The van der Waals surface area contributed by atoms with Crippen molar-refractivity contribution >= 4 is 39.7 Å². The minimum Gasteiger partial charge on any atom is -0.357 e. The smallest absolute Gasteiger partial charge is 0.143 e. The van der Waals surface area contributed by atoms with Crippen molar-refractivity contribution in [1.82, 2.24) is 5.32 Å². The summed E-state index contributed by atoms with van der Waals surface area (Å²) in [5.74, 6) is 0. The Morgan fingerprint density at radius 1 is 1.62 bits per heavy atom. The van der Waals surface area contributed by atoms with Gasteiger partial charge in [-0.1, -0.05) is 0 Å². The zero-order valence-electron chi connectivity index (χ0n) is 7.12. The lowest BCUT2D eigenvalue weighted by Gasteiger charge is -2.06. The van der Waals surface area contributed by atoms with Gasteiger partial charge in [0.2, 0.25) is 0 Å². The Bertz CT molecular complexity index is 281. The highest BCUT2D eigenvalue weighted by molar-refractivity contribution is 9.11. The van der Waals surface area contributed by atoms with Crippen LogP contribution < -0.4 is 5.32 Å². The molecule has 5 heteroatoms. The Balaban J connectivity index is 0.000000845. The summed E-state index contributed by atoms with van der Waals surface area (Å²) < 4.78 is 6.70. The van der Waals surface area contributed by atoms with Gasteiger partial charge in [0.05, 0.1) is 10.4 Å². The first kappa shape index (κ1) is 11.5. The van der Waals surface area contributed by atoms with Gasteiger partial charge in [0.25, 0.3) is 0 Å². The first-order chi connectivity index (χ1) is 5.75. The van der Waals surface area contributed by atoms with Crippen LogP contribution in [0.4, 0.5) is 0 Å². The first-order valence-corrected chi connectivity index (χ1v) is 5.49. The van der Waals surface area contributed by atoms with Crippen LogP contribution in [0, 0.1) is 0 Å². The number of nitrogens with one attached hydrogen (secondary N) is 1. The third kappa shape index (κ3) is 2.67. The van der Waals surface area contributed by atoms with Gasteiger partial charge in [-0.3, -0.25) is 5.32 Å². The van der Waals surface area contributed by atoms with Gasteiger partial charge in [0.15, 0.2) is 0 Å². The molecule has 1 aromatic rings. The summed E-state index contributed by atoms with van der Waals surface area (Å²) in [5.41, 5.74) is 0. The fourth-order valence-corrected chi connectivity index (χ4v) is 2.66. The molecule has 2 rings (SSSR count). The molecular formula is C8H11BrClNOS. The quantitative estimate of drug-likeness (QED) is 0.856. The number of thiophene rings is 1. The molecule has 1 saturated heterocycles.